The molecule has 5 heteroatoms. The van der Waals surface area contributed by atoms with Crippen molar-refractivity contribution in [3.05, 3.63) is 34.9 Å². The summed E-state index contributed by atoms with van der Waals surface area (Å²) in [6, 6.07) is 0. The van der Waals surface area contributed by atoms with Gasteiger partial charge in [0.05, 0.1) is 5.41 Å². The van der Waals surface area contributed by atoms with E-state index >= 15 is 0 Å². The van der Waals surface area contributed by atoms with E-state index in [1.54, 1.807) is 13.2 Å². The van der Waals surface area contributed by atoms with Crippen LogP contribution in [0.15, 0.2) is 34.9 Å². The van der Waals surface area contributed by atoms with Crippen LogP contribution in [-0.2, 0) is 14.3 Å². The van der Waals surface area contributed by atoms with Crippen LogP contribution in [0.25, 0.3) is 0 Å². The van der Waals surface area contributed by atoms with E-state index in [0.29, 0.717) is 5.92 Å². The molecule has 3 saturated carbocycles. The molecule has 0 saturated heterocycles. The molecule has 0 aliphatic heterocycles. The maximum Gasteiger partial charge on any atom is 0.309 e. The first-order valence-corrected chi connectivity index (χ1v) is 13.3. The number of carbonyl (C=O) groups is 2. The van der Waals surface area contributed by atoms with Gasteiger partial charge in [0.2, 0.25) is 0 Å². The van der Waals surface area contributed by atoms with Gasteiger partial charge in [0.25, 0.3) is 0 Å². The molecule has 0 heterocycles. The van der Waals surface area contributed by atoms with Crippen molar-refractivity contribution >= 4 is 11.8 Å². The quantitative estimate of drug-likeness (QED) is 0.533. The van der Waals surface area contributed by atoms with Crippen LogP contribution in [0.5, 0.6) is 0 Å². The fourth-order valence-electron chi connectivity index (χ4n) is 9.11. The maximum absolute atomic E-state index is 12.9. The largest absolute Gasteiger partial charge is 0.481 e. The first-order valence-electron chi connectivity index (χ1n) is 13.3. The Morgan fingerprint density at radius 1 is 0.943 bits per heavy atom. The van der Waals surface area contributed by atoms with Gasteiger partial charge >= 0.3 is 5.97 Å². The van der Waals surface area contributed by atoms with Gasteiger partial charge < -0.3 is 14.9 Å². The number of hydrogen-bond donors (Lipinski definition) is 2. The number of carbonyl (C=O) groups excluding carboxylic acids is 1. The van der Waals surface area contributed by atoms with Crippen molar-refractivity contribution < 1.29 is 24.5 Å². The normalized spacial score (nSPS) is 51.1. The van der Waals surface area contributed by atoms with Crippen molar-refractivity contribution in [2.24, 2.45) is 33.0 Å². The predicted octanol–water partition coefficient (Wildman–Crippen LogP) is 5.63. The Morgan fingerprint density at radius 3 is 2.23 bits per heavy atom. The van der Waals surface area contributed by atoms with Gasteiger partial charge in [-0.25, -0.2) is 0 Å². The lowest BCUT2D eigenvalue weighted by Gasteiger charge is -2.70. The molecule has 5 aliphatic carbocycles. The van der Waals surface area contributed by atoms with E-state index in [0.717, 1.165) is 56.1 Å². The second-order valence-electron chi connectivity index (χ2n) is 13.7. The predicted molar refractivity (Wildman–Crippen MR) is 135 cm³/mol. The lowest BCUT2D eigenvalue weighted by Crippen LogP contribution is -2.63. The number of aliphatic carboxylic acids is 1. The van der Waals surface area contributed by atoms with E-state index in [2.05, 4.69) is 39.8 Å². The minimum Gasteiger partial charge on any atom is -0.481 e. The third-order valence-electron chi connectivity index (χ3n) is 12.2. The highest BCUT2D eigenvalue weighted by atomic mass is 16.5. The second kappa shape index (κ2) is 7.19. The molecule has 5 aliphatic rings. The summed E-state index contributed by atoms with van der Waals surface area (Å²) < 4.78 is 5.77. The van der Waals surface area contributed by atoms with Crippen molar-refractivity contribution in [1.29, 1.82) is 0 Å². The number of rotatable bonds is 2. The molecule has 5 nitrogen and oxygen atoms in total. The number of aliphatic hydroxyl groups excluding tert-OH is 1. The topological polar surface area (TPSA) is 83.8 Å². The number of ketones is 1. The number of methoxy groups -OCH3 is 1. The Morgan fingerprint density at radius 2 is 1.60 bits per heavy atom. The summed E-state index contributed by atoms with van der Waals surface area (Å²) in [6.07, 6.45) is 11.3. The number of fused-ring (bicyclic) bond motifs is 7. The van der Waals surface area contributed by atoms with Crippen LogP contribution in [-0.4, -0.2) is 40.8 Å². The molecule has 3 fully saturated rings. The molecule has 0 bridgehead atoms. The number of aliphatic hydroxyl groups is 1. The van der Waals surface area contributed by atoms with Crippen molar-refractivity contribution in [2.45, 2.75) is 98.2 Å². The van der Waals surface area contributed by atoms with Gasteiger partial charge in [-0.3, -0.25) is 9.59 Å². The summed E-state index contributed by atoms with van der Waals surface area (Å²) in [5.41, 5.74) is 1.23. The average Bonchev–Trinajstić information content (AvgIpc) is 2.81. The Balaban J connectivity index is 1.65. The molecule has 5 rings (SSSR count). The summed E-state index contributed by atoms with van der Waals surface area (Å²) >= 11 is 0. The van der Waals surface area contributed by atoms with Crippen LogP contribution in [0.4, 0.5) is 0 Å². The number of hydrogen-bond acceptors (Lipinski definition) is 4. The minimum atomic E-state index is -1.21. The Kier molecular flexibility index (Phi) is 5.13. The lowest BCUT2D eigenvalue weighted by atomic mass is 9.34. The van der Waals surface area contributed by atoms with E-state index < -0.39 is 23.1 Å². The van der Waals surface area contributed by atoms with Crippen LogP contribution in [0, 0.1) is 33.0 Å². The van der Waals surface area contributed by atoms with Crippen LogP contribution < -0.4 is 0 Å². The van der Waals surface area contributed by atoms with Gasteiger partial charge in [-0.05, 0) is 98.2 Å². The average molecular weight is 483 g/mol. The Labute approximate surface area is 209 Å². The summed E-state index contributed by atoms with van der Waals surface area (Å²) in [6.45, 7) is 13.2. The molecular weight excluding hydrogens is 440 g/mol. The number of carboxylic acids is 1. The van der Waals surface area contributed by atoms with E-state index in [9.17, 15) is 19.8 Å². The van der Waals surface area contributed by atoms with Gasteiger partial charge in [0, 0.05) is 12.5 Å². The van der Waals surface area contributed by atoms with Crippen LogP contribution in [0.2, 0.25) is 0 Å². The molecule has 0 unspecified atom stereocenters. The Hall–Kier alpha value is -1.72. The Bertz CT molecular complexity index is 1100. The zero-order valence-corrected chi connectivity index (χ0v) is 22.5. The standard InChI is InChI=1S/C30H42O5/c1-25-10-11-26(2,24(33)34)17-22(25)29(5)15-13-27(3)19-16-20(31)23(32)30(6,35-7)18(19)8-9-21(27)28(29,4)14-12-25/h8-9,16,22-23,32H,10-15,17H2,1-7H3,(H,33,34)/t22-,23+,25-,26-,27+,28-,29+,30+/m1/s1. The molecule has 192 valence electrons. The van der Waals surface area contributed by atoms with Crippen LogP contribution in [0.1, 0.15) is 86.5 Å². The summed E-state index contributed by atoms with van der Waals surface area (Å²) in [5, 5.41) is 20.8. The molecule has 0 radical (unpaired) electrons. The van der Waals surface area contributed by atoms with Crippen molar-refractivity contribution in [2.75, 3.05) is 7.11 Å². The number of carboxylic acid groups (broad SMARTS) is 1. The molecule has 0 aromatic heterocycles. The maximum atomic E-state index is 12.9. The number of ether oxygens (including phenoxy) is 1. The van der Waals surface area contributed by atoms with Crippen LogP contribution >= 0.6 is 0 Å². The fraction of sp³-hybridized carbons (Fsp3) is 0.733. The first kappa shape index (κ1) is 25.0. The third kappa shape index (κ3) is 2.89. The van der Waals surface area contributed by atoms with Gasteiger partial charge in [0.15, 0.2) is 5.78 Å². The fourth-order valence-corrected chi connectivity index (χ4v) is 9.11. The SMILES string of the molecule is CO[C@@]1(C)C2=CC=C3[C@@](C)(CC[C@@]4(C)[C@@H]5C[C@](C)(C(=O)O)CC[C@]5(C)CC[C@]34C)C2=CC(=O)[C@@H]1O. The highest BCUT2D eigenvalue weighted by molar-refractivity contribution is 5.99. The van der Waals surface area contributed by atoms with E-state index in [4.69, 9.17) is 4.74 Å². The molecule has 2 N–H and O–H groups in total. The highest BCUT2D eigenvalue weighted by Crippen LogP contribution is 2.75. The lowest BCUT2D eigenvalue weighted by molar-refractivity contribution is -0.178. The second-order valence-corrected chi connectivity index (χ2v) is 13.7. The first-order chi connectivity index (χ1) is 16.1. The summed E-state index contributed by atoms with van der Waals surface area (Å²) in [5.74, 6) is -0.626. The molecular formula is C30H42O5. The highest BCUT2D eigenvalue weighted by Gasteiger charge is 2.68. The van der Waals surface area contributed by atoms with Crippen LogP contribution in [0.3, 0.4) is 0 Å². The molecule has 0 spiro atoms. The smallest absolute Gasteiger partial charge is 0.309 e. The van der Waals surface area contributed by atoms with Gasteiger partial charge in [-0.1, -0.05) is 45.4 Å². The van der Waals surface area contributed by atoms with Gasteiger partial charge in [0.1, 0.15) is 11.7 Å². The number of allylic oxidation sites excluding steroid dienone is 3. The summed E-state index contributed by atoms with van der Waals surface area (Å²) in [4.78, 5) is 25.2. The monoisotopic (exact) mass is 482 g/mol. The molecule has 8 atom stereocenters. The van der Waals surface area contributed by atoms with Gasteiger partial charge in [-0.2, -0.15) is 0 Å². The minimum absolute atomic E-state index is 0.0306. The van der Waals surface area contributed by atoms with Crippen molar-refractivity contribution in [3.63, 3.8) is 0 Å². The molecule has 0 aromatic rings. The van der Waals surface area contributed by atoms with E-state index in [1.807, 2.05) is 13.8 Å². The van der Waals surface area contributed by atoms with Crippen molar-refractivity contribution in [3.8, 4) is 0 Å². The third-order valence-corrected chi connectivity index (χ3v) is 12.2. The molecule has 35 heavy (non-hydrogen) atoms. The molecule has 0 amide bonds. The zero-order valence-electron chi connectivity index (χ0n) is 22.5. The summed E-state index contributed by atoms with van der Waals surface area (Å²) in [7, 11) is 1.56. The van der Waals surface area contributed by atoms with Crippen molar-refractivity contribution in [1.82, 2.24) is 0 Å². The molecule has 0 aromatic carbocycles. The zero-order chi connectivity index (χ0) is 25.8. The van der Waals surface area contributed by atoms with Gasteiger partial charge in [-0.15, -0.1) is 0 Å². The van der Waals surface area contributed by atoms with E-state index in [-0.39, 0.29) is 27.4 Å². The van der Waals surface area contributed by atoms with E-state index in [1.165, 1.54) is 5.57 Å².